The van der Waals surface area contributed by atoms with Gasteiger partial charge in [0.05, 0.1) is 7.11 Å². The minimum absolute atomic E-state index is 0.109. The zero-order chi connectivity index (χ0) is 28.1. The minimum atomic E-state index is -0.617. The Morgan fingerprint density at radius 3 is 1.43 bits per heavy atom. The molecule has 200 valence electrons. The Morgan fingerprint density at radius 2 is 1.00 bits per heavy atom. The van der Waals surface area contributed by atoms with Crippen molar-refractivity contribution in [1.29, 1.82) is 0 Å². The molecule has 0 aliphatic heterocycles. The molecule has 40 heavy (non-hydrogen) atoms. The summed E-state index contributed by atoms with van der Waals surface area (Å²) in [5.74, 6) is 0.840. The van der Waals surface area contributed by atoms with Crippen LogP contribution in [0.15, 0.2) is 109 Å². The van der Waals surface area contributed by atoms with Crippen LogP contribution in [-0.2, 0) is 4.79 Å². The summed E-state index contributed by atoms with van der Waals surface area (Å²) in [7, 11) is 1.43. The van der Waals surface area contributed by atoms with Gasteiger partial charge in [-0.2, -0.15) is 0 Å². The van der Waals surface area contributed by atoms with Crippen LogP contribution < -0.4 is 18.9 Å². The van der Waals surface area contributed by atoms with Crippen LogP contribution >= 0.6 is 0 Å². The molecule has 0 atom stereocenters. The van der Waals surface area contributed by atoms with E-state index in [1.807, 2.05) is 54.6 Å². The lowest BCUT2D eigenvalue weighted by molar-refractivity contribution is -0.132. The van der Waals surface area contributed by atoms with Crippen LogP contribution in [0.1, 0.15) is 6.92 Å². The number of methoxy groups -OCH3 is 1. The predicted molar refractivity (Wildman–Crippen MR) is 148 cm³/mol. The molecule has 0 fully saturated rings. The number of benzene rings is 5. The number of halogens is 2. The van der Waals surface area contributed by atoms with Crippen molar-refractivity contribution in [2.45, 2.75) is 6.92 Å². The maximum atomic E-state index is 14.3. The highest BCUT2D eigenvalue weighted by molar-refractivity contribution is 5.71. The zero-order valence-electron chi connectivity index (χ0n) is 21.7. The fourth-order valence-electron chi connectivity index (χ4n) is 4.07. The predicted octanol–water partition coefficient (Wildman–Crippen LogP) is 8.82. The van der Waals surface area contributed by atoms with Crippen molar-refractivity contribution >= 4 is 5.97 Å². The SMILES string of the molecule is COc1ccc(-c2ccc(Oc3cccc(Oc4ccc(-c5ccc(OC(C)=O)c(F)c5)cc4)c3)cc2)cc1F. The normalized spacial score (nSPS) is 10.6. The first-order valence-corrected chi connectivity index (χ1v) is 12.4. The van der Waals surface area contributed by atoms with Gasteiger partial charge in [0.1, 0.15) is 23.0 Å². The summed E-state index contributed by atoms with van der Waals surface area (Å²) in [5, 5.41) is 0. The molecule has 0 bridgehead atoms. The maximum Gasteiger partial charge on any atom is 0.308 e. The van der Waals surface area contributed by atoms with Gasteiger partial charge in [0.15, 0.2) is 23.1 Å². The van der Waals surface area contributed by atoms with Crippen LogP contribution in [0.5, 0.6) is 34.5 Å². The van der Waals surface area contributed by atoms with E-state index in [9.17, 15) is 13.6 Å². The van der Waals surface area contributed by atoms with Gasteiger partial charge in [-0.15, -0.1) is 0 Å². The quantitative estimate of drug-likeness (QED) is 0.146. The Balaban J connectivity index is 1.24. The summed E-state index contributed by atoms with van der Waals surface area (Å²) >= 11 is 0. The van der Waals surface area contributed by atoms with Gasteiger partial charge in [0.2, 0.25) is 0 Å². The Kier molecular flexibility index (Phi) is 7.73. The van der Waals surface area contributed by atoms with E-state index < -0.39 is 17.6 Å². The van der Waals surface area contributed by atoms with E-state index in [-0.39, 0.29) is 11.5 Å². The van der Waals surface area contributed by atoms with Gasteiger partial charge in [-0.3, -0.25) is 4.79 Å². The summed E-state index contributed by atoms with van der Waals surface area (Å²) < 4.78 is 50.1. The molecule has 0 heterocycles. The molecule has 0 amide bonds. The number of hydrogen-bond donors (Lipinski definition) is 0. The second kappa shape index (κ2) is 11.7. The molecular formula is C33H24F2O5. The first-order valence-electron chi connectivity index (χ1n) is 12.4. The maximum absolute atomic E-state index is 14.3. The van der Waals surface area contributed by atoms with Crippen molar-refractivity contribution in [2.75, 3.05) is 7.11 Å². The highest BCUT2D eigenvalue weighted by Gasteiger charge is 2.10. The molecule has 5 aromatic carbocycles. The third-order valence-corrected chi connectivity index (χ3v) is 5.99. The molecule has 0 aliphatic rings. The van der Waals surface area contributed by atoms with Crippen molar-refractivity contribution in [3.63, 3.8) is 0 Å². The molecule has 7 heteroatoms. The molecule has 0 aliphatic carbocycles. The van der Waals surface area contributed by atoms with Crippen molar-refractivity contribution in [2.24, 2.45) is 0 Å². The second-order valence-electron chi connectivity index (χ2n) is 8.82. The molecule has 0 radical (unpaired) electrons. The summed E-state index contributed by atoms with van der Waals surface area (Å²) in [5.41, 5.74) is 2.99. The van der Waals surface area contributed by atoms with Crippen LogP contribution in [0.2, 0.25) is 0 Å². The van der Waals surface area contributed by atoms with Gasteiger partial charge < -0.3 is 18.9 Å². The van der Waals surface area contributed by atoms with Crippen molar-refractivity contribution < 1.29 is 32.5 Å². The fraction of sp³-hybridized carbons (Fsp3) is 0.0606. The third-order valence-electron chi connectivity index (χ3n) is 5.99. The van der Waals surface area contributed by atoms with E-state index in [1.165, 1.54) is 32.2 Å². The van der Waals surface area contributed by atoms with E-state index in [4.69, 9.17) is 18.9 Å². The monoisotopic (exact) mass is 538 g/mol. The molecule has 0 spiro atoms. The second-order valence-corrected chi connectivity index (χ2v) is 8.82. The molecule has 5 nitrogen and oxygen atoms in total. The van der Waals surface area contributed by atoms with E-state index in [0.29, 0.717) is 28.6 Å². The average molecular weight is 539 g/mol. The molecule has 5 rings (SSSR count). The summed E-state index contributed by atoms with van der Waals surface area (Å²) in [6, 6.07) is 31.0. The van der Waals surface area contributed by atoms with Gasteiger partial charge in [-0.1, -0.05) is 42.5 Å². The summed E-state index contributed by atoms with van der Waals surface area (Å²) in [4.78, 5) is 11.1. The van der Waals surface area contributed by atoms with Gasteiger partial charge in [0.25, 0.3) is 0 Å². The van der Waals surface area contributed by atoms with Gasteiger partial charge >= 0.3 is 5.97 Å². The number of esters is 1. The van der Waals surface area contributed by atoms with E-state index in [1.54, 1.807) is 36.4 Å². The fourth-order valence-corrected chi connectivity index (χ4v) is 4.07. The van der Waals surface area contributed by atoms with Crippen LogP contribution in [-0.4, -0.2) is 13.1 Å². The first-order chi connectivity index (χ1) is 19.4. The lowest BCUT2D eigenvalue weighted by Crippen LogP contribution is -2.03. The van der Waals surface area contributed by atoms with E-state index in [2.05, 4.69) is 0 Å². The molecule has 5 aromatic rings. The molecular weight excluding hydrogens is 514 g/mol. The Morgan fingerprint density at radius 1 is 0.550 bits per heavy atom. The number of carbonyl (C=O) groups is 1. The lowest BCUT2D eigenvalue weighted by Gasteiger charge is -2.11. The molecule has 0 N–H and O–H groups in total. The number of carbonyl (C=O) groups excluding carboxylic acids is 1. The zero-order valence-corrected chi connectivity index (χ0v) is 21.7. The standard InChI is InChI=1S/C33H24F2O5/c1-21(36)38-33-17-11-25(19-31(33)35)23-8-14-27(15-9-23)40-29-5-3-4-28(20-29)39-26-12-6-22(7-13-26)24-10-16-32(37-2)30(34)18-24/h3-20H,1-2H3. The largest absolute Gasteiger partial charge is 0.494 e. The number of hydrogen-bond acceptors (Lipinski definition) is 5. The lowest BCUT2D eigenvalue weighted by atomic mass is 10.1. The third kappa shape index (κ3) is 6.27. The molecule has 0 saturated heterocycles. The minimum Gasteiger partial charge on any atom is -0.494 e. The van der Waals surface area contributed by atoms with Gasteiger partial charge in [-0.25, -0.2) is 8.78 Å². The van der Waals surface area contributed by atoms with E-state index >= 15 is 0 Å². The Hall–Kier alpha value is -5.17. The Bertz CT molecular complexity index is 1650. The van der Waals surface area contributed by atoms with Crippen LogP contribution in [0.25, 0.3) is 22.3 Å². The van der Waals surface area contributed by atoms with Crippen molar-refractivity contribution in [3.8, 4) is 56.8 Å². The van der Waals surface area contributed by atoms with Gasteiger partial charge in [0, 0.05) is 13.0 Å². The van der Waals surface area contributed by atoms with Crippen molar-refractivity contribution in [1.82, 2.24) is 0 Å². The molecule has 0 saturated carbocycles. The first kappa shape index (κ1) is 26.4. The van der Waals surface area contributed by atoms with Crippen LogP contribution in [0, 0.1) is 11.6 Å². The Labute approximate surface area is 230 Å². The van der Waals surface area contributed by atoms with Crippen LogP contribution in [0.4, 0.5) is 8.78 Å². The number of ether oxygens (including phenoxy) is 4. The smallest absolute Gasteiger partial charge is 0.308 e. The highest BCUT2D eigenvalue weighted by atomic mass is 19.1. The summed E-state index contributed by atoms with van der Waals surface area (Å²) in [6.45, 7) is 1.22. The average Bonchev–Trinajstić information content (AvgIpc) is 2.95. The number of rotatable bonds is 8. The topological polar surface area (TPSA) is 54.0 Å². The van der Waals surface area contributed by atoms with Gasteiger partial charge in [-0.05, 0) is 82.9 Å². The van der Waals surface area contributed by atoms with Crippen LogP contribution in [0.3, 0.4) is 0 Å². The highest BCUT2D eigenvalue weighted by Crippen LogP contribution is 2.32. The molecule has 0 unspecified atom stereocenters. The van der Waals surface area contributed by atoms with Crippen molar-refractivity contribution in [3.05, 3.63) is 121 Å². The summed E-state index contributed by atoms with van der Waals surface area (Å²) in [6.07, 6.45) is 0. The molecule has 0 aromatic heterocycles. The van der Waals surface area contributed by atoms with E-state index in [0.717, 1.165) is 16.7 Å².